The van der Waals surface area contributed by atoms with E-state index in [2.05, 4.69) is 35.4 Å². The smallest absolute Gasteiger partial charge is 0.247 e. The van der Waals surface area contributed by atoms with E-state index in [1.54, 1.807) is 0 Å². The third-order valence-corrected chi connectivity index (χ3v) is 3.06. The molecule has 0 atom stereocenters. The first-order valence-electron chi connectivity index (χ1n) is 6.54. The lowest BCUT2D eigenvalue weighted by Crippen LogP contribution is -2.21. The average Bonchev–Trinajstić information content (AvgIpc) is 3.04. The second-order valence-electron chi connectivity index (χ2n) is 4.96. The summed E-state index contributed by atoms with van der Waals surface area (Å²) in [6.45, 7) is 5.51. The van der Waals surface area contributed by atoms with E-state index in [9.17, 15) is 0 Å². The Morgan fingerprint density at radius 2 is 2.21 bits per heavy atom. The zero-order valence-electron chi connectivity index (χ0n) is 11.1. The maximum absolute atomic E-state index is 5.65. The molecule has 1 aromatic carbocycles. The van der Waals surface area contributed by atoms with Gasteiger partial charge in [-0.25, -0.2) is 0 Å². The number of benzene rings is 1. The fourth-order valence-electron chi connectivity index (χ4n) is 2.05. The number of hydrogen-bond acceptors (Lipinski definition) is 5. The summed E-state index contributed by atoms with van der Waals surface area (Å²) in [5, 5.41) is 11.4. The molecule has 100 valence electrons. The lowest BCUT2D eigenvalue weighted by Gasteiger charge is -2.03. The van der Waals surface area contributed by atoms with Gasteiger partial charge in [0, 0.05) is 18.0 Å². The minimum atomic E-state index is 0.396. The Balaban J connectivity index is 1.79. The highest BCUT2D eigenvalue weighted by atomic mass is 16.5. The maximum Gasteiger partial charge on any atom is 0.247 e. The highest BCUT2D eigenvalue weighted by molar-refractivity contribution is 5.57. The van der Waals surface area contributed by atoms with Crippen LogP contribution in [0.25, 0.3) is 11.5 Å². The fourth-order valence-corrected chi connectivity index (χ4v) is 2.05. The van der Waals surface area contributed by atoms with Crippen molar-refractivity contribution in [1.82, 2.24) is 15.5 Å². The summed E-state index contributed by atoms with van der Waals surface area (Å²) in [7, 11) is 0. The maximum atomic E-state index is 5.65. The molecule has 0 aliphatic carbocycles. The van der Waals surface area contributed by atoms with Gasteiger partial charge in [0.05, 0.1) is 13.2 Å². The van der Waals surface area contributed by atoms with Gasteiger partial charge in [0.1, 0.15) is 5.75 Å². The number of rotatable bonds is 4. The molecule has 0 radical (unpaired) electrons. The van der Waals surface area contributed by atoms with Crippen molar-refractivity contribution in [3.8, 4) is 17.2 Å². The van der Waals surface area contributed by atoms with E-state index in [1.165, 1.54) is 5.56 Å². The highest BCUT2D eigenvalue weighted by Gasteiger charge is 2.15. The first-order valence-corrected chi connectivity index (χ1v) is 6.54. The van der Waals surface area contributed by atoms with Gasteiger partial charge < -0.3 is 14.5 Å². The van der Waals surface area contributed by atoms with Crippen molar-refractivity contribution in [3.05, 3.63) is 29.7 Å². The second-order valence-corrected chi connectivity index (χ2v) is 4.96. The van der Waals surface area contributed by atoms with Gasteiger partial charge in [-0.2, -0.15) is 0 Å². The van der Waals surface area contributed by atoms with Crippen LogP contribution in [-0.2, 0) is 13.0 Å². The van der Waals surface area contributed by atoms with E-state index >= 15 is 0 Å². The first-order chi connectivity index (χ1) is 9.22. The van der Waals surface area contributed by atoms with Crippen LogP contribution in [0.4, 0.5) is 0 Å². The monoisotopic (exact) mass is 259 g/mol. The Morgan fingerprint density at radius 1 is 1.32 bits per heavy atom. The second kappa shape index (κ2) is 5.01. The predicted octanol–water partition coefficient (Wildman–Crippen LogP) is 2.17. The summed E-state index contributed by atoms with van der Waals surface area (Å²) < 4.78 is 11.1. The van der Waals surface area contributed by atoms with Crippen LogP contribution in [0.1, 0.15) is 25.3 Å². The molecule has 0 amide bonds. The molecule has 0 fully saturated rings. The largest absolute Gasteiger partial charge is 0.493 e. The molecule has 3 rings (SSSR count). The molecular weight excluding hydrogens is 242 g/mol. The van der Waals surface area contributed by atoms with E-state index < -0.39 is 0 Å². The number of nitrogens with zero attached hydrogens (tertiary/aromatic N) is 2. The van der Waals surface area contributed by atoms with E-state index in [1.807, 2.05) is 12.1 Å². The van der Waals surface area contributed by atoms with E-state index in [0.717, 1.165) is 24.3 Å². The Hall–Kier alpha value is -1.88. The standard InChI is InChI=1S/C14H17N3O2/c1-9(2)15-8-13-16-17-14(19-13)11-3-4-12-10(7-11)5-6-18-12/h3-4,7,9,15H,5-6,8H2,1-2H3. The third kappa shape index (κ3) is 2.61. The van der Waals surface area contributed by atoms with Crippen LogP contribution in [-0.4, -0.2) is 22.8 Å². The van der Waals surface area contributed by atoms with Crippen LogP contribution in [0.2, 0.25) is 0 Å². The molecule has 0 saturated heterocycles. The first kappa shape index (κ1) is 12.2. The number of aromatic nitrogens is 2. The molecule has 1 aromatic heterocycles. The molecule has 1 aliphatic heterocycles. The van der Waals surface area contributed by atoms with E-state index in [0.29, 0.717) is 24.4 Å². The van der Waals surface area contributed by atoms with E-state index in [4.69, 9.17) is 9.15 Å². The topological polar surface area (TPSA) is 60.2 Å². The molecule has 0 saturated carbocycles. The SMILES string of the molecule is CC(C)NCc1nnc(-c2ccc3c(c2)CCO3)o1. The van der Waals surface area contributed by atoms with Gasteiger partial charge in [0.25, 0.3) is 0 Å². The van der Waals surface area contributed by atoms with Crippen molar-refractivity contribution in [3.63, 3.8) is 0 Å². The molecule has 0 unspecified atom stereocenters. The summed E-state index contributed by atoms with van der Waals surface area (Å²) in [6, 6.07) is 6.38. The Bertz CT molecular complexity index is 578. The van der Waals surface area contributed by atoms with Gasteiger partial charge >= 0.3 is 0 Å². The lowest BCUT2D eigenvalue weighted by atomic mass is 10.1. The molecule has 1 N–H and O–H groups in total. The van der Waals surface area contributed by atoms with Crippen molar-refractivity contribution in [2.45, 2.75) is 32.9 Å². The number of hydrogen-bond donors (Lipinski definition) is 1. The quantitative estimate of drug-likeness (QED) is 0.911. The Morgan fingerprint density at radius 3 is 3.05 bits per heavy atom. The summed E-state index contributed by atoms with van der Waals surface area (Å²) in [6.07, 6.45) is 0.944. The Labute approximate surface area is 112 Å². The Kier molecular flexibility index (Phi) is 3.21. The highest BCUT2D eigenvalue weighted by Crippen LogP contribution is 2.29. The summed E-state index contributed by atoms with van der Waals surface area (Å²) >= 11 is 0. The zero-order chi connectivity index (χ0) is 13.2. The molecular formula is C14H17N3O2. The average molecular weight is 259 g/mol. The van der Waals surface area contributed by atoms with Crippen LogP contribution < -0.4 is 10.1 Å². The van der Waals surface area contributed by atoms with Gasteiger partial charge in [-0.05, 0) is 23.8 Å². The summed E-state index contributed by atoms with van der Waals surface area (Å²) in [5.41, 5.74) is 2.16. The van der Waals surface area contributed by atoms with Gasteiger partial charge in [-0.3, -0.25) is 0 Å². The van der Waals surface area contributed by atoms with Gasteiger partial charge in [0.2, 0.25) is 11.8 Å². The molecule has 0 bridgehead atoms. The lowest BCUT2D eigenvalue weighted by molar-refractivity contribution is 0.357. The van der Waals surface area contributed by atoms with Crippen molar-refractivity contribution >= 4 is 0 Å². The van der Waals surface area contributed by atoms with Crippen LogP contribution >= 0.6 is 0 Å². The molecule has 1 aliphatic rings. The van der Waals surface area contributed by atoms with E-state index in [-0.39, 0.29) is 0 Å². The van der Waals surface area contributed by atoms with Crippen molar-refractivity contribution in [2.75, 3.05) is 6.61 Å². The van der Waals surface area contributed by atoms with Gasteiger partial charge in [-0.15, -0.1) is 10.2 Å². The normalized spacial score (nSPS) is 13.6. The molecule has 19 heavy (non-hydrogen) atoms. The van der Waals surface area contributed by atoms with Gasteiger partial charge in [0.15, 0.2) is 0 Å². The van der Waals surface area contributed by atoms with Crippen LogP contribution in [0.5, 0.6) is 5.75 Å². The predicted molar refractivity (Wildman–Crippen MR) is 70.9 cm³/mol. The van der Waals surface area contributed by atoms with Gasteiger partial charge in [-0.1, -0.05) is 13.8 Å². The van der Waals surface area contributed by atoms with Crippen molar-refractivity contribution in [1.29, 1.82) is 0 Å². The number of fused-ring (bicyclic) bond motifs is 1. The zero-order valence-corrected chi connectivity index (χ0v) is 11.1. The van der Waals surface area contributed by atoms with Crippen molar-refractivity contribution in [2.24, 2.45) is 0 Å². The number of nitrogens with one attached hydrogen (secondary N) is 1. The van der Waals surface area contributed by atoms with Crippen LogP contribution in [0.3, 0.4) is 0 Å². The molecule has 5 nitrogen and oxygen atoms in total. The van der Waals surface area contributed by atoms with Crippen molar-refractivity contribution < 1.29 is 9.15 Å². The third-order valence-electron chi connectivity index (χ3n) is 3.06. The molecule has 0 spiro atoms. The minimum Gasteiger partial charge on any atom is -0.493 e. The molecule has 2 aromatic rings. The summed E-state index contributed by atoms with van der Waals surface area (Å²) in [4.78, 5) is 0. The molecule has 5 heteroatoms. The number of ether oxygens (including phenoxy) is 1. The fraction of sp³-hybridized carbons (Fsp3) is 0.429. The summed E-state index contributed by atoms with van der Waals surface area (Å²) in [5.74, 6) is 2.14. The minimum absolute atomic E-state index is 0.396. The van der Waals surface area contributed by atoms with Crippen LogP contribution in [0, 0.1) is 0 Å². The molecule has 2 heterocycles. The van der Waals surface area contributed by atoms with Crippen LogP contribution in [0.15, 0.2) is 22.6 Å².